The predicted octanol–water partition coefficient (Wildman–Crippen LogP) is 2.45. The maximum atomic E-state index is 2.75. The van der Waals surface area contributed by atoms with Gasteiger partial charge >= 0.3 is 0 Å². The van der Waals surface area contributed by atoms with Crippen molar-refractivity contribution in [3.05, 3.63) is 0 Å². The van der Waals surface area contributed by atoms with E-state index in [0.29, 0.717) is 0 Å². The van der Waals surface area contributed by atoms with Gasteiger partial charge < -0.3 is 4.90 Å². The van der Waals surface area contributed by atoms with Crippen molar-refractivity contribution in [1.29, 1.82) is 0 Å². The molecule has 0 N–H and O–H groups in total. The molecule has 1 saturated carbocycles. The Bertz CT molecular complexity index is 199. The summed E-state index contributed by atoms with van der Waals surface area (Å²) in [5.41, 5.74) is 0. The molecule has 2 rings (SSSR count). The number of hydrogen-bond donors (Lipinski definition) is 0. The van der Waals surface area contributed by atoms with Crippen LogP contribution >= 0.6 is 0 Å². The van der Waals surface area contributed by atoms with Crippen LogP contribution in [0.4, 0.5) is 0 Å². The van der Waals surface area contributed by atoms with Gasteiger partial charge in [-0.15, -0.1) is 0 Å². The molecule has 1 aliphatic heterocycles. The lowest BCUT2D eigenvalue weighted by Crippen LogP contribution is -2.50. The highest BCUT2D eigenvalue weighted by molar-refractivity contribution is 4.83. The Morgan fingerprint density at radius 3 is 1.94 bits per heavy atom. The largest absolute Gasteiger partial charge is 0.304 e. The summed E-state index contributed by atoms with van der Waals surface area (Å²) in [6.45, 7) is 9.91. The van der Waals surface area contributed by atoms with E-state index in [0.717, 1.165) is 17.9 Å². The molecule has 2 nitrogen and oxygen atoms in total. The van der Waals surface area contributed by atoms with E-state index in [-0.39, 0.29) is 0 Å². The number of nitrogens with zero attached hydrogens (tertiary/aromatic N) is 2. The van der Waals surface area contributed by atoms with Gasteiger partial charge in [-0.3, -0.25) is 4.90 Å². The van der Waals surface area contributed by atoms with Crippen LogP contribution in [-0.2, 0) is 0 Å². The molecule has 0 radical (unpaired) electrons. The summed E-state index contributed by atoms with van der Waals surface area (Å²) in [5, 5.41) is 0. The van der Waals surface area contributed by atoms with E-state index in [4.69, 9.17) is 0 Å². The van der Waals surface area contributed by atoms with E-state index in [9.17, 15) is 0 Å². The van der Waals surface area contributed by atoms with E-state index in [1.165, 1.54) is 51.9 Å². The van der Waals surface area contributed by atoms with E-state index < -0.39 is 0 Å². The average molecular weight is 224 g/mol. The quantitative estimate of drug-likeness (QED) is 0.711. The summed E-state index contributed by atoms with van der Waals surface area (Å²) >= 11 is 0. The van der Waals surface area contributed by atoms with Crippen molar-refractivity contribution in [2.75, 3.05) is 33.2 Å². The highest BCUT2D eigenvalue weighted by Crippen LogP contribution is 2.32. The SMILES string of the molecule is CC(C)[C@H]1CC[C@@H](N2CCN(C)CC2)CC1. The highest BCUT2D eigenvalue weighted by Gasteiger charge is 2.28. The first-order chi connectivity index (χ1) is 7.66. The van der Waals surface area contributed by atoms with Crippen molar-refractivity contribution in [2.45, 2.75) is 45.6 Å². The molecule has 94 valence electrons. The normalized spacial score (nSPS) is 34.5. The Morgan fingerprint density at radius 1 is 0.875 bits per heavy atom. The standard InChI is InChI=1S/C14H28N2/c1-12(2)13-4-6-14(7-5-13)16-10-8-15(3)9-11-16/h12-14H,4-11H2,1-3H3/t13-,14+. The van der Waals surface area contributed by atoms with Crippen LogP contribution < -0.4 is 0 Å². The number of likely N-dealkylation sites (N-methyl/N-ethyl adjacent to an activating group) is 1. The van der Waals surface area contributed by atoms with Crippen LogP contribution in [-0.4, -0.2) is 49.1 Å². The van der Waals surface area contributed by atoms with E-state index in [2.05, 4.69) is 30.7 Å². The fourth-order valence-corrected chi connectivity index (χ4v) is 3.32. The van der Waals surface area contributed by atoms with Crippen molar-refractivity contribution in [3.8, 4) is 0 Å². The highest BCUT2D eigenvalue weighted by atomic mass is 15.3. The third-order valence-electron chi connectivity index (χ3n) is 4.74. The molecule has 0 amide bonds. The lowest BCUT2D eigenvalue weighted by atomic mass is 9.79. The van der Waals surface area contributed by atoms with Gasteiger partial charge in [0.05, 0.1) is 0 Å². The molecule has 1 saturated heterocycles. The van der Waals surface area contributed by atoms with Gasteiger partial charge in [-0.1, -0.05) is 13.8 Å². The second-order valence-electron chi connectivity index (χ2n) is 6.15. The van der Waals surface area contributed by atoms with Crippen LogP contribution in [0, 0.1) is 11.8 Å². The summed E-state index contributed by atoms with van der Waals surface area (Å²) in [5.74, 6) is 1.90. The fourth-order valence-electron chi connectivity index (χ4n) is 3.32. The lowest BCUT2D eigenvalue weighted by Gasteiger charge is -2.41. The first-order valence-electron chi connectivity index (χ1n) is 7.09. The van der Waals surface area contributed by atoms with Gasteiger partial charge in [-0.2, -0.15) is 0 Å². The monoisotopic (exact) mass is 224 g/mol. The first-order valence-corrected chi connectivity index (χ1v) is 7.09. The number of hydrogen-bond acceptors (Lipinski definition) is 2. The molecule has 16 heavy (non-hydrogen) atoms. The van der Waals surface area contributed by atoms with Gasteiger partial charge in [0.15, 0.2) is 0 Å². The Balaban J connectivity index is 1.76. The second-order valence-corrected chi connectivity index (χ2v) is 6.15. The summed E-state index contributed by atoms with van der Waals surface area (Å²) in [7, 11) is 2.24. The molecule has 2 fully saturated rings. The van der Waals surface area contributed by atoms with Crippen molar-refractivity contribution < 1.29 is 0 Å². The Morgan fingerprint density at radius 2 is 1.44 bits per heavy atom. The zero-order chi connectivity index (χ0) is 11.5. The topological polar surface area (TPSA) is 6.48 Å². The third-order valence-corrected chi connectivity index (χ3v) is 4.74. The minimum Gasteiger partial charge on any atom is -0.304 e. The van der Waals surface area contributed by atoms with Crippen molar-refractivity contribution in [1.82, 2.24) is 9.80 Å². The van der Waals surface area contributed by atoms with Crippen LogP contribution in [0.2, 0.25) is 0 Å². The third kappa shape index (κ3) is 2.98. The minimum atomic E-state index is 0.897. The number of rotatable bonds is 2. The molecule has 0 spiro atoms. The molecule has 0 unspecified atom stereocenters. The summed E-state index contributed by atoms with van der Waals surface area (Å²) in [6, 6.07) is 0.906. The first kappa shape index (κ1) is 12.4. The Hall–Kier alpha value is -0.0800. The van der Waals surface area contributed by atoms with Crippen LogP contribution in [0.3, 0.4) is 0 Å². The lowest BCUT2D eigenvalue weighted by molar-refractivity contribution is 0.0752. The second kappa shape index (κ2) is 5.50. The zero-order valence-corrected chi connectivity index (χ0v) is 11.3. The Kier molecular flexibility index (Phi) is 4.26. The number of piperazine rings is 1. The molecule has 2 heteroatoms. The van der Waals surface area contributed by atoms with E-state index >= 15 is 0 Å². The minimum absolute atomic E-state index is 0.897. The van der Waals surface area contributed by atoms with Crippen LogP contribution in [0.1, 0.15) is 39.5 Å². The zero-order valence-electron chi connectivity index (χ0n) is 11.3. The maximum Gasteiger partial charge on any atom is 0.0113 e. The summed E-state index contributed by atoms with van der Waals surface area (Å²) in [6.07, 6.45) is 5.84. The smallest absolute Gasteiger partial charge is 0.0113 e. The molecular weight excluding hydrogens is 196 g/mol. The van der Waals surface area contributed by atoms with Crippen molar-refractivity contribution in [3.63, 3.8) is 0 Å². The van der Waals surface area contributed by atoms with Crippen molar-refractivity contribution >= 4 is 0 Å². The molecule has 0 aromatic carbocycles. The van der Waals surface area contributed by atoms with Gasteiger partial charge in [-0.05, 0) is 44.6 Å². The fraction of sp³-hybridized carbons (Fsp3) is 1.00. The summed E-state index contributed by atoms with van der Waals surface area (Å²) in [4.78, 5) is 5.20. The van der Waals surface area contributed by atoms with Crippen LogP contribution in [0.15, 0.2) is 0 Å². The molecule has 0 aromatic rings. The van der Waals surface area contributed by atoms with Gasteiger partial charge in [0, 0.05) is 32.2 Å². The van der Waals surface area contributed by atoms with Gasteiger partial charge in [0.25, 0.3) is 0 Å². The van der Waals surface area contributed by atoms with Crippen LogP contribution in [0.25, 0.3) is 0 Å². The Labute approximate surface area is 101 Å². The van der Waals surface area contributed by atoms with Gasteiger partial charge in [0.2, 0.25) is 0 Å². The molecule has 0 atom stereocenters. The van der Waals surface area contributed by atoms with Crippen LogP contribution in [0.5, 0.6) is 0 Å². The molecular formula is C14H28N2. The van der Waals surface area contributed by atoms with Gasteiger partial charge in [0.1, 0.15) is 0 Å². The molecule has 1 heterocycles. The van der Waals surface area contributed by atoms with E-state index in [1.807, 2.05) is 0 Å². The molecule has 0 bridgehead atoms. The molecule has 1 aliphatic carbocycles. The molecule has 0 aromatic heterocycles. The molecule has 2 aliphatic rings. The average Bonchev–Trinajstić information content (AvgIpc) is 2.30. The van der Waals surface area contributed by atoms with Gasteiger partial charge in [-0.25, -0.2) is 0 Å². The maximum absolute atomic E-state index is 2.75. The predicted molar refractivity (Wildman–Crippen MR) is 69.7 cm³/mol. The van der Waals surface area contributed by atoms with Crippen molar-refractivity contribution in [2.24, 2.45) is 11.8 Å². The summed E-state index contributed by atoms with van der Waals surface area (Å²) < 4.78 is 0. The van der Waals surface area contributed by atoms with E-state index in [1.54, 1.807) is 0 Å².